The molecule has 1 aliphatic rings. The average molecular weight is 456 g/mol. The number of nitro benzene ring substituents is 1. The number of sulfonamides is 1. The minimum absolute atomic E-state index is 0.0932. The van der Waals surface area contributed by atoms with Crippen molar-refractivity contribution < 1.29 is 22.5 Å². The molecule has 1 saturated heterocycles. The van der Waals surface area contributed by atoms with Crippen LogP contribution < -0.4 is 5.32 Å². The molecule has 1 aliphatic heterocycles. The predicted molar refractivity (Wildman–Crippen MR) is 108 cm³/mol. The molecule has 1 heterocycles. The summed E-state index contributed by atoms with van der Waals surface area (Å²) in [5.41, 5.74) is 0.387. The van der Waals surface area contributed by atoms with Crippen molar-refractivity contribution >= 4 is 33.2 Å². The van der Waals surface area contributed by atoms with E-state index in [2.05, 4.69) is 5.32 Å². The number of non-ortho nitro benzene ring substituents is 1. The van der Waals surface area contributed by atoms with Gasteiger partial charge in [0.05, 0.1) is 9.95 Å². The van der Waals surface area contributed by atoms with E-state index in [1.807, 2.05) is 0 Å². The van der Waals surface area contributed by atoms with Crippen molar-refractivity contribution in [1.82, 2.24) is 9.62 Å². The third-order valence-corrected chi connectivity index (χ3v) is 7.33. The lowest BCUT2D eigenvalue weighted by Gasteiger charge is -2.30. The molecule has 11 heteroatoms. The van der Waals surface area contributed by atoms with Crippen LogP contribution in [-0.4, -0.2) is 36.6 Å². The van der Waals surface area contributed by atoms with Crippen LogP contribution in [0.25, 0.3) is 0 Å². The van der Waals surface area contributed by atoms with Crippen LogP contribution in [0.4, 0.5) is 10.1 Å². The van der Waals surface area contributed by atoms with E-state index in [0.717, 1.165) is 17.7 Å². The van der Waals surface area contributed by atoms with Gasteiger partial charge < -0.3 is 5.32 Å². The molecule has 30 heavy (non-hydrogen) atoms. The molecule has 2 aromatic carbocycles. The Bertz CT molecular complexity index is 1050. The van der Waals surface area contributed by atoms with Crippen LogP contribution in [0.5, 0.6) is 0 Å². The minimum atomic E-state index is -4.03. The number of carbonyl (C=O) groups is 1. The Labute approximate surface area is 177 Å². The van der Waals surface area contributed by atoms with Crippen molar-refractivity contribution in [2.24, 2.45) is 5.92 Å². The normalized spacial score (nSPS) is 15.7. The van der Waals surface area contributed by atoms with Crippen LogP contribution in [0, 0.1) is 21.8 Å². The molecule has 0 saturated carbocycles. The van der Waals surface area contributed by atoms with Gasteiger partial charge in [-0.05, 0) is 36.6 Å². The van der Waals surface area contributed by atoms with Crippen molar-refractivity contribution in [2.45, 2.75) is 24.3 Å². The van der Waals surface area contributed by atoms with Crippen molar-refractivity contribution in [2.75, 3.05) is 13.1 Å². The second kappa shape index (κ2) is 9.07. The third kappa shape index (κ3) is 4.94. The summed E-state index contributed by atoms with van der Waals surface area (Å²) < 4.78 is 39.9. The number of piperidine rings is 1. The molecular formula is C19H19ClFN3O5S. The van der Waals surface area contributed by atoms with Gasteiger partial charge in [0, 0.05) is 37.7 Å². The van der Waals surface area contributed by atoms with Gasteiger partial charge in [-0.1, -0.05) is 23.7 Å². The van der Waals surface area contributed by atoms with Gasteiger partial charge in [-0.2, -0.15) is 4.31 Å². The number of nitro groups is 1. The molecule has 1 amide bonds. The van der Waals surface area contributed by atoms with E-state index in [1.54, 1.807) is 12.1 Å². The number of hydrogen-bond donors (Lipinski definition) is 1. The van der Waals surface area contributed by atoms with E-state index < -0.39 is 14.9 Å². The van der Waals surface area contributed by atoms with Gasteiger partial charge >= 0.3 is 0 Å². The first-order valence-corrected chi connectivity index (χ1v) is 11.0. The third-order valence-electron chi connectivity index (χ3n) is 4.95. The summed E-state index contributed by atoms with van der Waals surface area (Å²) >= 11 is 5.98. The molecule has 8 nitrogen and oxygen atoms in total. The van der Waals surface area contributed by atoms with Crippen molar-refractivity contribution in [3.05, 3.63) is 69.0 Å². The smallest absolute Gasteiger partial charge is 0.270 e. The van der Waals surface area contributed by atoms with Crippen LogP contribution in [-0.2, 0) is 21.4 Å². The van der Waals surface area contributed by atoms with Crippen LogP contribution in [0.1, 0.15) is 18.4 Å². The highest BCUT2D eigenvalue weighted by atomic mass is 35.5. The average Bonchev–Trinajstić information content (AvgIpc) is 2.73. The van der Waals surface area contributed by atoms with E-state index in [1.165, 1.54) is 22.5 Å². The molecule has 3 rings (SSSR count). The molecule has 0 unspecified atom stereocenters. The summed E-state index contributed by atoms with van der Waals surface area (Å²) in [7, 11) is -4.03. The molecule has 0 radical (unpaired) electrons. The number of benzene rings is 2. The van der Waals surface area contributed by atoms with Crippen molar-refractivity contribution in [1.29, 1.82) is 0 Å². The lowest BCUT2D eigenvalue weighted by atomic mass is 9.97. The number of carbonyl (C=O) groups excluding carboxylic acids is 1. The first-order chi connectivity index (χ1) is 14.2. The first kappa shape index (κ1) is 22.1. The van der Waals surface area contributed by atoms with Gasteiger partial charge in [0.1, 0.15) is 10.7 Å². The molecule has 0 spiro atoms. The fourth-order valence-corrected chi connectivity index (χ4v) is 5.20. The van der Waals surface area contributed by atoms with E-state index in [0.29, 0.717) is 12.8 Å². The monoisotopic (exact) mass is 455 g/mol. The fourth-order valence-electron chi connectivity index (χ4n) is 3.24. The molecule has 0 aliphatic carbocycles. The maximum absolute atomic E-state index is 12.9. The van der Waals surface area contributed by atoms with Crippen molar-refractivity contribution in [3.8, 4) is 0 Å². The SMILES string of the molecule is O=C(NCc1ccc(F)cc1)C1CCN(S(=O)(=O)c2cc([N+](=O)[O-])ccc2Cl)CC1. The number of amides is 1. The number of nitrogens with one attached hydrogen (secondary N) is 1. The van der Waals surface area contributed by atoms with E-state index in [9.17, 15) is 27.7 Å². The Morgan fingerprint density at radius 2 is 1.83 bits per heavy atom. The number of hydrogen-bond acceptors (Lipinski definition) is 5. The molecule has 0 atom stereocenters. The molecule has 1 fully saturated rings. The molecule has 0 bridgehead atoms. The predicted octanol–water partition coefficient (Wildman–Crippen LogP) is 3.10. The lowest BCUT2D eigenvalue weighted by Crippen LogP contribution is -2.42. The summed E-state index contributed by atoms with van der Waals surface area (Å²) in [6, 6.07) is 9.04. The maximum Gasteiger partial charge on any atom is 0.270 e. The standard InChI is InChI=1S/C19H19ClFN3O5S/c20-17-6-5-16(24(26)27)11-18(17)30(28,29)23-9-7-14(8-10-23)19(25)22-12-13-1-3-15(21)4-2-13/h1-6,11,14H,7-10,12H2,(H,22,25). The minimum Gasteiger partial charge on any atom is -0.352 e. The largest absolute Gasteiger partial charge is 0.352 e. The zero-order valence-electron chi connectivity index (χ0n) is 15.8. The Hall–Kier alpha value is -2.56. The topological polar surface area (TPSA) is 110 Å². The second-order valence-corrected chi connectivity index (χ2v) is 9.21. The quantitative estimate of drug-likeness (QED) is 0.531. The van der Waals surface area contributed by atoms with Crippen molar-refractivity contribution in [3.63, 3.8) is 0 Å². The molecule has 1 N–H and O–H groups in total. The van der Waals surface area contributed by atoms with Crippen LogP contribution >= 0.6 is 11.6 Å². The van der Waals surface area contributed by atoms with E-state index >= 15 is 0 Å². The Balaban J connectivity index is 1.61. The zero-order valence-corrected chi connectivity index (χ0v) is 17.3. The Kier molecular flexibility index (Phi) is 6.69. The highest BCUT2D eigenvalue weighted by Crippen LogP contribution is 2.31. The summed E-state index contributed by atoms with van der Waals surface area (Å²) in [5.74, 6) is -0.926. The summed E-state index contributed by atoms with van der Waals surface area (Å²) in [6.45, 7) is 0.437. The second-order valence-electron chi connectivity index (χ2n) is 6.89. The Morgan fingerprint density at radius 1 is 1.20 bits per heavy atom. The highest BCUT2D eigenvalue weighted by Gasteiger charge is 2.34. The van der Waals surface area contributed by atoms with Gasteiger partial charge in [0.25, 0.3) is 5.69 Å². The lowest BCUT2D eigenvalue weighted by molar-refractivity contribution is -0.385. The zero-order chi connectivity index (χ0) is 21.9. The van der Waals surface area contributed by atoms with Crippen LogP contribution in [0.3, 0.4) is 0 Å². The molecule has 2 aromatic rings. The van der Waals surface area contributed by atoms with E-state index in [4.69, 9.17) is 11.6 Å². The highest BCUT2D eigenvalue weighted by molar-refractivity contribution is 7.89. The van der Waals surface area contributed by atoms with Gasteiger partial charge in [-0.3, -0.25) is 14.9 Å². The molecule has 0 aromatic heterocycles. The summed E-state index contributed by atoms with van der Waals surface area (Å²) in [6.07, 6.45) is 0.613. The van der Waals surface area contributed by atoms with Gasteiger partial charge in [-0.15, -0.1) is 0 Å². The molecular weight excluding hydrogens is 437 g/mol. The van der Waals surface area contributed by atoms with Crippen LogP contribution in [0.15, 0.2) is 47.4 Å². The van der Waals surface area contributed by atoms with Crippen LogP contribution in [0.2, 0.25) is 5.02 Å². The fraction of sp³-hybridized carbons (Fsp3) is 0.316. The summed E-state index contributed by atoms with van der Waals surface area (Å²) in [4.78, 5) is 22.3. The number of halogens is 2. The van der Waals surface area contributed by atoms with Gasteiger partial charge in [0.15, 0.2) is 0 Å². The summed E-state index contributed by atoms with van der Waals surface area (Å²) in [5, 5.41) is 13.6. The van der Waals surface area contributed by atoms with Gasteiger partial charge in [0.2, 0.25) is 15.9 Å². The number of nitrogens with zero attached hydrogens (tertiary/aromatic N) is 2. The van der Waals surface area contributed by atoms with E-state index in [-0.39, 0.29) is 52.9 Å². The van der Waals surface area contributed by atoms with Gasteiger partial charge in [-0.25, -0.2) is 12.8 Å². The number of rotatable bonds is 6. The first-order valence-electron chi connectivity index (χ1n) is 9.15. The molecule has 160 valence electrons. The maximum atomic E-state index is 12.9. The Morgan fingerprint density at radius 3 is 2.43 bits per heavy atom.